The molecule has 0 saturated heterocycles. The molecule has 0 saturated carbocycles. The summed E-state index contributed by atoms with van der Waals surface area (Å²) < 4.78 is 0. The van der Waals surface area contributed by atoms with Crippen LogP contribution >= 0.6 is 0 Å². The summed E-state index contributed by atoms with van der Waals surface area (Å²) in [4.78, 5) is 39.5. The van der Waals surface area contributed by atoms with Crippen LogP contribution in [0.5, 0.6) is 0 Å². The molecule has 0 bridgehead atoms. The maximum absolute atomic E-state index is 10.4. The average Bonchev–Trinajstić information content (AvgIpc) is 2.69. The van der Waals surface area contributed by atoms with Gasteiger partial charge in [-0.25, -0.2) is 4.79 Å². The molecule has 2 aromatic rings. The first-order valence-corrected chi connectivity index (χ1v) is 9.12. The molecule has 10 heteroatoms. The molecule has 31 heavy (non-hydrogen) atoms. The Bertz CT molecular complexity index is 758. The summed E-state index contributed by atoms with van der Waals surface area (Å²) >= 11 is 0. The Labute approximate surface area is 178 Å². The second-order valence-electron chi connectivity index (χ2n) is 6.37. The molecule has 0 aliphatic rings. The van der Waals surface area contributed by atoms with Crippen LogP contribution in [0.3, 0.4) is 0 Å². The summed E-state index contributed by atoms with van der Waals surface area (Å²) in [5, 5.41) is 35.9. The summed E-state index contributed by atoms with van der Waals surface area (Å²) in [6.07, 6.45) is 0.0132. The maximum atomic E-state index is 10.4. The van der Waals surface area contributed by atoms with Gasteiger partial charge in [0.25, 0.3) is 0 Å². The summed E-state index contributed by atoms with van der Waals surface area (Å²) in [5.74, 6) is -4.88. The fraction of sp³-hybridized carbons (Fsp3) is 0.238. The molecule has 0 aliphatic heterocycles. The van der Waals surface area contributed by atoms with Crippen molar-refractivity contribution >= 4 is 23.9 Å². The monoisotopic (exact) mass is 434 g/mol. The van der Waals surface area contributed by atoms with Crippen molar-refractivity contribution in [3.63, 3.8) is 0 Å². The Hall–Kier alpha value is -3.76. The minimum atomic E-state index is -1.56. The summed E-state index contributed by atoms with van der Waals surface area (Å²) in [6.45, 7) is 0. The van der Waals surface area contributed by atoms with Gasteiger partial charge in [0.1, 0.15) is 6.04 Å². The van der Waals surface area contributed by atoms with Crippen LogP contribution in [0.25, 0.3) is 0 Å². The highest BCUT2D eigenvalue weighted by atomic mass is 16.4. The van der Waals surface area contributed by atoms with Crippen molar-refractivity contribution in [3.05, 3.63) is 71.8 Å². The van der Waals surface area contributed by atoms with Gasteiger partial charge in [0.2, 0.25) is 0 Å². The zero-order chi connectivity index (χ0) is 23.8. The smallest absolute Gasteiger partial charge is 0.362 e. The molecule has 168 valence electrons. The highest BCUT2D eigenvalue weighted by Crippen LogP contribution is 2.01. The fourth-order valence-electron chi connectivity index (χ4n) is 2.09. The first-order chi connectivity index (χ1) is 14.5. The van der Waals surface area contributed by atoms with Crippen molar-refractivity contribution < 1.29 is 51.1 Å². The average molecular weight is 434 g/mol. The van der Waals surface area contributed by atoms with Crippen molar-refractivity contribution in [2.24, 2.45) is 0 Å². The molecule has 0 aromatic heterocycles. The van der Waals surface area contributed by atoms with Crippen LogP contribution in [0.4, 0.5) is 0 Å². The molecule has 0 aliphatic carbocycles. The van der Waals surface area contributed by atoms with Gasteiger partial charge in [-0.15, -0.1) is 0 Å². The number of benzene rings is 2. The molecule has 0 amide bonds. The van der Waals surface area contributed by atoms with E-state index in [0.717, 1.165) is 11.1 Å². The Kier molecular flexibility index (Phi) is 13.3. The molecule has 2 rings (SSSR count). The van der Waals surface area contributed by atoms with Gasteiger partial charge in [0.05, 0.1) is 18.4 Å². The number of carbonyl (C=O) groups excluding carboxylic acids is 2. The van der Waals surface area contributed by atoms with E-state index in [-0.39, 0.29) is 0 Å². The topological polar surface area (TPSA) is 210 Å². The van der Waals surface area contributed by atoms with Crippen molar-refractivity contribution in [2.75, 3.05) is 0 Å². The molecule has 8 N–H and O–H groups in total. The first kappa shape index (κ1) is 27.2. The Balaban J connectivity index is 0.000000454. The molecule has 2 aromatic carbocycles. The zero-order valence-electron chi connectivity index (χ0n) is 16.8. The quantitative estimate of drug-likeness (QED) is 0.309. The summed E-state index contributed by atoms with van der Waals surface area (Å²) in [7, 11) is 0. The summed E-state index contributed by atoms with van der Waals surface area (Å²) in [6, 6.07) is 17.7. The first-order valence-electron chi connectivity index (χ1n) is 9.12. The molecule has 0 fully saturated rings. The third-order valence-electron chi connectivity index (χ3n) is 3.63. The maximum Gasteiger partial charge on any atom is 0.362 e. The van der Waals surface area contributed by atoms with E-state index in [9.17, 15) is 29.4 Å². The number of quaternary nitrogens is 2. The van der Waals surface area contributed by atoms with E-state index >= 15 is 0 Å². The van der Waals surface area contributed by atoms with Gasteiger partial charge in [-0.1, -0.05) is 60.7 Å². The molecular formula is C21H26N2O8. The molecule has 0 spiro atoms. The van der Waals surface area contributed by atoms with E-state index in [4.69, 9.17) is 10.2 Å². The highest BCUT2D eigenvalue weighted by molar-refractivity contribution is 5.87. The fourth-order valence-corrected chi connectivity index (χ4v) is 2.09. The van der Waals surface area contributed by atoms with E-state index < -0.39 is 42.4 Å². The highest BCUT2D eigenvalue weighted by Gasteiger charge is 2.15. The zero-order valence-corrected chi connectivity index (χ0v) is 16.8. The van der Waals surface area contributed by atoms with Crippen LogP contribution in [0.1, 0.15) is 17.5 Å². The third-order valence-corrected chi connectivity index (χ3v) is 3.63. The number of carbonyl (C=O) groups is 4. The van der Waals surface area contributed by atoms with E-state index in [2.05, 4.69) is 11.5 Å². The van der Waals surface area contributed by atoms with Gasteiger partial charge in [-0.05, 0) is 11.1 Å². The normalized spacial score (nSPS) is 11.4. The molecule has 0 radical (unpaired) electrons. The molecular weight excluding hydrogens is 408 g/mol. The predicted molar refractivity (Wildman–Crippen MR) is 104 cm³/mol. The molecule has 0 heterocycles. The van der Waals surface area contributed by atoms with Crippen LogP contribution in [0.15, 0.2) is 60.7 Å². The number of carboxylic acids is 4. The van der Waals surface area contributed by atoms with Gasteiger partial charge in [-0.3, -0.25) is 4.79 Å². The standard InChI is InChI=1S/2C9H11NO2.C3H4O4/c2*10-8(9(11)12)6-7-4-2-1-3-5-7;4-2(5)1-3(6)7/h2*1-5,8H,6,10H2,(H,11,12);1H2,(H,4,5)(H,6,7)/t2*8-;/m00./s1. The van der Waals surface area contributed by atoms with Crippen LogP contribution < -0.4 is 21.7 Å². The lowest BCUT2D eigenvalue weighted by Gasteiger charge is -2.08. The van der Waals surface area contributed by atoms with Crippen molar-refractivity contribution in [1.29, 1.82) is 0 Å². The minimum absolute atomic E-state index is 0.434. The number of rotatable bonds is 8. The lowest BCUT2D eigenvalue weighted by molar-refractivity contribution is -0.437. The number of hydrogen-bond acceptors (Lipinski definition) is 6. The van der Waals surface area contributed by atoms with E-state index in [0.29, 0.717) is 12.8 Å². The van der Waals surface area contributed by atoms with Crippen LogP contribution in [-0.2, 0) is 32.0 Å². The van der Waals surface area contributed by atoms with Gasteiger partial charge in [-0.2, -0.15) is 0 Å². The van der Waals surface area contributed by atoms with Crippen molar-refractivity contribution in [1.82, 2.24) is 0 Å². The number of aliphatic carboxylic acids is 4. The number of carboxylic acid groups (broad SMARTS) is 4. The van der Waals surface area contributed by atoms with E-state index in [1.165, 1.54) is 0 Å². The Morgan fingerprint density at radius 2 is 1.13 bits per heavy atom. The van der Waals surface area contributed by atoms with E-state index in [1.54, 1.807) is 0 Å². The van der Waals surface area contributed by atoms with Gasteiger partial charge < -0.3 is 41.5 Å². The van der Waals surface area contributed by atoms with E-state index in [1.807, 2.05) is 60.7 Å². The third kappa shape index (κ3) is 14.8. The van der Waals surface area contributed by atoms with Gasteiger partial charge in [0.15, 0.2) is 6.04 Å². The largest absolute Gasteiger partial charge is 0.550 e. The number of hydrogen-bond donors (Lipinski definition) is 4. The minimum Gasteiger partial charge on any atom is -0.550 e. The van der Waals surface area contributed by atoms with Gasteiger partial charge in [0, 0.05) is 12.8 Å². The molecule has 10 nitrogen and oxygen atoms in total. The van der Waals surface area contributed by atoms with Crippen LogP contribution in [0, 0.1) is 0 Å². The predicted octanol–water partition coefficient (Wildman–Crippen LogP) is -3.28. The SMILES string of the molecule is O=C([O-])CC(=O)O.[NH3+][C@@H](Cc1ccccc1)C(=O)O.[NH3+][C@@H](Cc1ccccc1)C(=O)[O-]. The Morgan fingerprint density at radius 1 is 0.742 bits per heavy atom. The second kappa shape index (κ2) is 15.1. The summed E-state index contributed by atoms with van der Waals surface area (Å²) in [5.41, 5.74) is 8.99. The lowest BCUT2D eigenvalue weighted by atomic mass is 10.1. The van der Waals surface area contributed by atoms with Crippen LogP contribution in [0.2, 0.25) is 0 Å². The van der Waals surface area contributed by atoms with Gasteiger partial charge >= 0.3 is 11.9 Å². The molecule has 0 unspecified atom stereocenters. The van der Waals surface area contributed by atoms with Crippen molar-refractivity contribution in [2.45, 2.75) is 31.3 Å². The van der Waals surface area contributed by atoms with Crippen molar-refractivity contribution in [3.8, 4) is 0 Å². The second-order valence-corrected chi connectivity index (χ2v) is 6.37. The Morgan fingerprint density at radius 3 is 1.39 bits per heavy atom. The molecule has 2 atom stereocenters. The lowest BCUT2D eigenvalue weighted by Crippen LogP contribution is -2.69. The van der Waals surface area contributed by atoms with Crippen LogP contribution in [-0.4, -0.2) is 46.2 Å².